The number of hydrazone groups is 1. The molecule has 0 radical (unpaired) electrons. The van der Waals surface area contributed by atoms with Crippen molar-refractivity contribution in [1.82, 2.24) is 5.43 Å². The Bertz CT molecular complexity index is 1010. The molecule has 0 aromatic heterocycles. The summed E-state index contributed by atoms with van der Waals surface area (Å²) < 4.78 is 10.7. The van der Waals surface area contributed by atoms with Crippen molar-refractivity contribution in [2.75, 3.05) is 6.79 Å². The molecule has 0 fully saturated rings. The van der Waals surface area contributed by atoms with E-state index in [0.717, 1.165) is 5.56 Å². The summed E-state index contributed by atoms with van der Waals surface area (Å²) >= 11 is 0. The lowest BCUT2D eigenvalue weighted by molar-refractivity contribution is -0.136. The number of ether oxygens (including phenoxy) is 2. The highest BCUT2D eigenvalue weighted by atomic mass is 16.7. The van der Waals surface area contributed by atoms with Crippen LogP contribution in [0.3, 0.4) is 0 Å². The van der Waals surface area contributed by atoms with Gasteiger partial charge in [-0.2, -0.15) is 5.10 Å². The number of rotatable bonds is 5. The summed E-state index contributed by atoms with van der Waals surface area (Å²) in [6.45, 7) is 1.95. The van der Waals surface area contributed by atoms with Crippen molar-refractivity contribution >= 4 is 11.6 Å². The fraction of sp³-hybridized carbons (Fsp3) is 0.130. The minimum Gasteiger partial charge on any atom is -0.454 e. The van der Waals surface area contributed by atoms with Crippen molar-refractivity contribution < 1.29 is 19.4 Å². The summed E-state index contributed by atoms with van der Waals surface area (Å²) in [4.78, 5) is 13.1. The van der Waals surface area contributed by atoms with Crippen molar-refractivity contribution in [2.24, 2.45) is 5.10 Å². The fourth-order valence-electron chi connectivity index (χ4n) is 3.19. The Morgan fingerprint density at radius 3 is 2.14 bits per heavy atom. The Morgan fingerprint density at radius 2 is 1.52 bits per heavy atom. The van der Waals surface area contributed by atoms with Crippen LogP contribution in [0.25, 0.3) is 0 Å². The minimum atomic E-state index is -1.87. The summed E-state index contributed by atoms with van der Waals surface area (Å²) in [6, 6.07) is 23.0. The van der Waals surface area contributed by atoms with Crippen LogP contribution in [-0.2, 0) is 10.4 Å². The summed E-state index contributed by atoms with van der Waals surface area (Å²) in [6.07, 6.45) is 0. The lowest BCUT2D eigenvalue weighted by Crippen LogP contribution is -2.43. The molecule has 3 aromatic carbocycles. The Morgan fingerprint density at radius 1 is 0.931 bits per heavy atom. The molecule has 4 rings (SSSR count). The van der Waals surface area contributed by atoms with Crippen molar-refractivity contribution in [1.29, 1.82) is 0 Å². The first kappa shape index (κ1) is 18.7. The van der Waals surface area contributed by atoms with E-state index in [4.69, 9.17) is 9.47 Å². The smallest absolute Gasteiger partial charge is 0.281 e. The number of amides is 1. The van der Waals surface area contributed by atoms with Crippen molar-refractivity contribution in [3.8, 4) is 11.5 Å². The Balaban J connectivity index is 1.63. The maximum Gasteiger partial charge on any atom is 0.281 e. The standard InChI is InChI=1S/C23H20N2O4/c1-16(17-12-13-20-21(14-17)29-15-28-20)24-25-22(26)23(27,18-8-4-2-5-9-18)19-10-6-3-7-11-19/h2-14,27H,15H2,1H3,(H,25,26)/b24-16+. The summed E-state index contributed by atoms with van der Waals surface area (Å²) in [5.74, 6) is 0.663. The van der Waals surface area contributed by atoms with Gasteiger partial charge in [-0.1, -0.05) is 60.7 Å². The summed E-state index contributed by atoms with van der Waals surface area (Å²) in [5.41, 5.74) is 2.90. The van der Waals surface area contributed by atoms with E-state index in [2.05, 4.69) is 10.5 Å². The van der Waals surface area contributed by atoms with Gasteiger partial charge in [0.25, 0.3) is 5.91 Å². The molecule has 1 amide bonds. The first-order valence-electron chi connectivity index (χ1n) is 9.17. The molecule has 3 aromatic rings. The maximum absolute atomic E-state index is 13.1. The highest BCUT2D eigenvalue weighted by Crippen LogP contribution is 2.33. The van der Waals surface area contributed by atoms with E-state index in [-0.39, 0.29) is 6.79 Å². The summed E-state index contributed by atoms with van der Waals surface area (Å²) in [7, 11) is 0. The minimum absolute atomic E-state index is 0.187. The number of aliphatic hydroxyl groups is 1. The molecule has 0 aliphatic carbocycles. The predicted octanol–water partition coefficient (Wildman–Crippen LogP) is 3.19. The molecule has 1 aliphatic rings. The molecule has 2 N–H and O–H groups in total. The first-order valence-corrected chi connectivity index (χ1v) is 9.17. The molecule has 0 saturated heterocycles. The van der Waals surface area contributed by atoms with E-state index >= 15 is 0 Å². The van der Waals surface area contributed by atoms with Crippen molar-refractivity contribution in [2.45, 2.75) is 12.5 Å². The van der Waals surface area contributed by atoms with E-state index < -0.39 is 11.5 Å². The quantitative estimate of drug-likeness (QED) is 0.520. The first-order chi connectivity index (χ1) is 14.1. The third kappa shape index (κ3) is 3.58. The maximum atomic E-state index is 13.1. The van der Waals surface area contributed by atoms with Gasteiger partial charge in [-0.05, 0) is 36.2 Å². The number of benzene rings is 3. The highest BCUT2D eigenvalue weighted by Gasteiger charge is 2.39. The average molecular weight is 388 g/mol. The number of nitrogens with one attached hydrogen (secondary N) is 1. The van der Waals surface area contributed by atoms with Crippen LogP contribution >= 0.6 is 0 Å². The third-order valence-electron chi connectivity index (χ3n) is 4.83. The lowest BCUT2D eigenvalue weighted by Gasteiger charge is -2.27. The number of nitrogens with zero attached hydrogens (tertiary/aromatic N) is 1. The molecule has 1 aliphatic heterocycles. The van der Waals surface area contributed by atoms with Gasteiger partial charge in [-0.15, -0.1) is 0 Å². The van der Waals surface area contributed by atoms with Crippen LogP contribution in [0.1, 0.15) is 23.6 Å². The molecule has 6 heteroatoms. The molecule has 1 heterocycles. The molecule has 0 bridgehead atoms. The molecular weight excluding hydrogens is 368 g/mol. The summed E-state index contributed by atoms with van der Waals surface area (Å²) in [5, 5.41) is 15.6. The van der Waals surface area contributed by atoms with Crippen LogP contribution in [0, 0.1) is 0 Å². The van der Waals surface area contributed by atoms with Gasteiger partial charge in [0, 0.05) is 5.56 Å². The van der Waals surface area contributed by atoms with Crippen LogP contribution in [0.4, 0.5) is 0 Å². The number of hydrogen-bond acceptors (Lipinski definition) is 5. The van der Waals surface area contributed by atoms with Crippen molar-refractivity contribution in [3.63, 3.8) is 0 Å². The second-order valence-corrected chi connectivity index (χ2v) is 6.65. The average Bonchev–Trinajstić information content (AvgIpc) is 3.25. The van der Waals surface area contributed by atoms with Gasteiger partial charge < -0.3 is 14.6 Å². The SMILES string of the molecule is C/C(=N\NC(=O)C(O)(c1ccccc1)c1ccccc1)c1ccc2c(c1)OCO2. The van der Waals surface area contributed by atoms with Gasteiger partial charge in [0.15, 0.2) is 17.1 Å². The molecule has 0 atom stereocenters. The molecular formula is C23H20N2O4. The Labute approximate surface area is 168 Å². The van der Waals surface area contributed by atoms with Crippen LogP contribution in [0.15, 0.2) is 84.0 Å². The van der Waals surface area contributed by atoms with E-state index in [9.17, 15) is 9.90 Å². The van der Waals surface area contributed by atoms with E-state index in [0.29, 0.717) is 28.3 Å². The number of fused-ring (bicyclic) bond motifs is 1. The molecule has 0 saturated carbocycles. The lowest BCUT2D eigenvalue weighted by atomic mass is 9.85. The molecule has 146 valence electrons. The third-order valence-corrected chi connectivity index (χ3v) is 4.83. The largest absolute Gasteiger partial charge is 0.454 e. The second kappa shape index (κ2) is 7.77. The molecule has 6 nitrogen and oxygen atoms in total. The molecule has 29 heavy (non-hydrogen) atoms. The highest BCUT2D eigenvalue weighted by molar-refractivity contribution is 6.00. The second-order valence-electron chi connectivity index (χ2n) is 6.65. The van der Waals surface area contributed by atoms with E-state index in [1.807, 2.05) is 18.2 Å². The zero-order chi connectivity index (χ0) is 20.3. The van der Waals surface area contributed by atoms with Gasteiger partial charge in [0.05, 0.1) is 5.71 Å². The Kier molecular flexibility index (Phi) is 5.01. The fourth-order valence-corrected chi connectivity index (χ4v) is 3.19. The monoisotopic (exact) mass is 388 g/mol. The molecule has 0 unspecified atom stereocenters. The van der Waals surface area contributed by atoms with Gasteiger partial charge in [-0.3, -0.25) is 4.79 Å². The zero-order valence-corrected chi connectivity index (χ0v) is 15.8. The topological polar surface area (TPSA) is 80.2 Å². The Hall–Kier alpha value is -3.64. The number of hydrogen-bond donors (Lipinski definition) is 2. The normalized spacial score (nSPS) is 13.2. The van der Waals surface area contributed by atoms with Crippen LogP contribution in [0.5, 0.6) is 11.5 Å². The van der Waals surface area contributed by atoms with Crippen LogP contribution < -0.4 is 14.9 Å². The van der Waals surface area contributed by atoms with Gasteiger partial charge in [0.1, 0.15) is 0 Å². The van der Waals surface area contributed by atoms with Crippen molar-refractivity contribution in [3.05, 3.63) is 95.6 Å². The van der Waals surface area contributed by atoms with E-state index in [1.54, 1.807) is 67.6 Å². The van der Waals surface area contributed by atoms with Crippen LogP contribution in [-0.4, -0.2) is 23.5 Å². The number of carbonyl (C=O) groups is 1. The van der Waals surface area contributed by atoms with Gasteiger partial charge >= 0.3 is 0 Å². The predicted molar refractivity (Wildman–Crippen MR) is 109 cm³/mol. The molecule has 0 spiro atoms. The zero-order valence-electron chi connectivity index (χ0n) is 15.8. The van der Waals surface area contributed by atoms with Gasteiger partial charge in [-0.25, -0.2) is 5.43 Å². The van der Waals surface area contributed by atoms with Gasteiger partial charge in [0.2, 0.25) is 6.79 Å². The van der Waals surface area contributed by atoms with E-state index in [1.165, 1.54) is 0 Å². The number of carbonyl (C=O) groups excluding carboxylic acids is 1. The van der Waals surface area contributed by atoms with Crippen LogP contribution in [0.2, 0.25) is 0 Å².